The molecular weight excluding hydrogens is 290 g/mol. The highest BCUT2D eigenvalue weighted by Gasteiger charge is 2.23. The largest absolute Gasteiger partial charge is 0.493 e. The smallest absolute Gasteiger partial charge is 0.161 e. The fraction of sp³-hybridized carbons (Fsp3) is 0.368. The lowest BCUT2D eigenvalue weighted by molar-refractivity contribution is 0.260. The summed E-state index contributed by atoms with van der Waals surface area (Å²) in [5.74, 6) is 2.44. The molecule has 4 heteroatoms. The van der Waals surface area contributed by atoms with Crippen LogP contribution in [0.25, 0.3) is 0 Å². The van der Waals surface area contributed by atoms with Crippen molar-refractivity contribution in [3.8, 4) is 17.2 Å². The lowest BCUT2D eigenvalue weighted by Crippen LogP contribution is -2.33. The van der Waals surface area contributed by atoms with E-state index in [2.05, 4.69) is 36.5 Å². The second kappa shape index (κ2) is 6.92. The Kier molecular flexibility index (Phi) is 4.72. The topological polar surface area (TPSA) is 39.7 Å². The summed E-state index contributed by atoms with van der Waals surface area (Å²) in [6.07, 6.45) is 0.983. The average molecular weight is 313 g/mol. The number of aryl methyl sites for hydroxylation is 1. The van der Waals surface area contributed by atoms with Crippen molar-refractivity contribution in [3.63, 3.8) is 0 Å². The number of methoxy groups -OCH3 is 2. The lowest BCUT2D eigenvalue weighted by Gasteiger charge is -2.28. The molecule has 1 N–H and O–H groups in total. The summed E-state index contributed by atoms with van der Waals surface area (Å²) < 4.78 is 16.8. The predicted octanol–water partition coefficient (Wildman–Crippen LogP) is 3.28. The third-order valence-electron chi connectivity index (χ3n) is 4.24. The second-order valence-electron chi connectivity index (χ2n) is 5.79. The van der Waals surface area contributed by atoms with E-state index in [0.29, 0.717) is 6.61 Å². The van der Waals surface area contributed by atoms with Crippen LogP contribution < -0.4 is 19.5 Å². The highest BCUT2D eigenvalue weighted by molar-refractivity contribution is 5.49. The first-order chi connectivity index (χ1) is 11.2. The van der Waals surface area contributed by atoms with E-state index in [0.717, 1.165) is 30.2 Å². The van der Waals surface area contributed by atoms with E-state index in [1.807, 2.05) is 12.1 Å². The van der Waals surface area contributed by atoms with Gasteiger partial charge in [-0.15, -0.1) is 0 Å². The summed E-state index contributed by atoms with van der Waals surface area (Å²) in [5, 5.41) is 3.52. The molecule has 122 valence electrons. The van der Waals surface area contributed by atoms with E-state index in [9.17, 15) is 0 Å². The van der Waals surface area contributed by atoms with Gasteiger partial charge in [-0.05, 0) is 55.3 Å². The molecule has 0 saturated carbocycles. The fourth-order valence-electron chi connectivity index (χ4n) is 2.93. The summed E-state index contributed by atoms with van der Waals surface area (Å²) in [6, 6.07) is 12.4. The van der Waals surface area contributed by atoms with E-state index in [1.165, 1.54) is 16.7 Å². The van der Waals surface area contributed by atoms with Crippen molar-refractivity contribution < 1.29 is 14.2 Å². The summed E-state index contributed by atoms with van der Waals surface area (Å²) >= 11 is 0. The molecule has 1 unspecified atom stereocenters. The molecule has 23 heavy (non-hydrogen) atoms. The van der Waals surface area contributed by atoms with E-state index in [4.69, 9.17) is 14.2 Å². The van der Waals surface area contributed by atoms with Crippen molar-refractivity contribution in [1.29, 1.82) is 0 Å². The van der Waals surface area contributed by atoms with Crippen molar-refractivity contribution in [1.82, 2.24) is 5.32 Å². The summed E-state index contributed by atoms with van der Waals surface area (Å²) in [6.45, 7) is 3.60. The van der Waals surface area contributed by atoms with Crippen LogP contribution in [0.3, 0.4) is 0 Å². The Bertz CT molecular complexity index is 667. The number of hydrogen-bond acceptors (Lipinski definition) is 4. The van der Waals surface area contributed by atoms with Crippen LogP contribution in [0.1, 0.15) is 22.7 Å². The monoisotopic (exact) mass is 313 g/mol. The standard InChI is InChI=1S/C19H23NO3/c1-13-4-6-15(7-5-13)23-12-17-16-11-19(22-3)18(21-2)10-14(16)8-9-20-17/h4-7,10-11,17,20H,8-9,12H2,1-3H3. The van der Waals surface area contributed by atoms with Crippen molar-refractivity contribution in [2.45, 2.75) is 19.4 Å². The Morgan fingerprint density at radius 3 is 2.43 bits per heavy atom. The van der Waals surface area contributed by atoms with Crippen LogP contribution in [0, 0.1) is 6.92 Å². The Morgan fingerprint density at radius 1 is 1.04 bits per heavy atom. The molecule has 4 nitrogen and oxygen atoms in total. The minimum absolute atomic E-state index is 0.153. The van der Waals surface area contributed by atoms with Crippen molar-refractivity contribution in [2.24, 2.45) is 0 Å². The first kappa shape index (κ1) is 15.7. The molecular formula is C19H23NO3. The zero-order valence-electron chi connectivity index (χ0n) is 13.9. The van der Waals surface area contributed by atoms with Crippen LogP contribution in [0.5, 0.6) is 17.2 Å². The number of fused-ring (bicyclic) bond motifs is 1. The van der Waals surface area contributed by atoms with Gasteiger partial charge in [-0.2, -0.15) is 0 Å². The molecule has 1 aliphatic rings. The highest BCUT2D eigenvalue weighted by atomic mass is 16.5. The normalized spacial score (nSPS) is 16.6. The van der Waals surface area contributed by atoms with E-state index in [1.54, 1.807) is 14.2 Å². The fourth-order valence-corrected chi connectivity index (χ4v) is 2.93. The molecule has 0 amide bonds. The van der Waals surface area contributed by atoms with Crippen molar-refractivity contribution >= 4 is 0 Å². The summed E-state index contributed by atoms with van der Waals surface area (Å²) in [7, 11) is 3.33. The number of benzene rings is 2. The Balaban J connectivity index is 1.79. The van der Waals surface area contributed by atoms with Gasteiger partial charge < -0.3 is 19.5 Å². The third-order valence-corrected chi connectivity index (χ3v) is 4.24. The van der Waals surface area contributed by atoms with Crippen LogP contribution in [0.15, 0.2) is 36.4 Å². The van der Waals surface area contributed by atoms with Gasteiger partial charge in [-0.25, -0.2) is 0 Å². The zero-order chi connectivity index (χ0) is 16.2. The summed E-state index contributed by atoms with van der Waals surface area (Å²) in [4.78, 5) is 0. The van der Waals surface area contributed by atoms with Crippen LogP contribution in [-0.2, 0) is 6.42 Å². The Labute approximate surface area is 137 Å². The third kappa shape index (κ3) is 3.42. The number of hydrogen-bond donors (Lipinski definition) is 1. The Hall–Kier alpha value is -2.20. The molecule has 0 bridgehead atoms. The van der Waals surface area contributed by atoms with Crippen molar-refractivity contribution in [3.05, 3.63) is 53.1 Å². The van der Waals surface area contributed by atoms with Gasteiger partial charge in [0.15, 0.2) is 11.5 Å². The number of rotatable bonds is 5. The van der Waals surface area contributed by atoms with Gasteiger partial charge in [0.2, 0.25) is 0 Å². The van der Waals surface area contributed by atoms with Crippen LogP contribution in [0.2, 0.25) is 0 Å². The van der Waals surface area contributed by atoms with Crippen LogP contribution in [-0.4, -0.2) is 27.4 Å². The van der Waals surface area contributed by atoms with E-state index in [-0.39, 0.29) is 6.04 Å². The number of ether oxygens (including phenoxy) is 3. The molecule has 1 heterocycles. The maximum atomic E-state index is 5.95. The Morgan fingerprint density at radius 2 is 1.74 bits per heavy atom. The highest BCUT2D eigenvalue weighted by Crippen LogP contribution is 2.35. The van der Waals surface area contributed by atoms with Gasteiger partial charge in [0.05, 0.1) is 20.3 Å². The quantitative estimate of drug-likeness (QED) is 0.919. The second-order valence-corrected chi connectivity index (χ2v) is 5.79. The molecule has 2 aromatic carbocycles. The van der Waals surface area contributed by atoms with Crippen molar-refractivity contribution in [2.75, 3.05) is 27.4 Å². The first-order valence-electron chi connectivity index (χ1n) is 7.89. The first-order valence-corrected chi connectivity index (χ1v) is 7.89. The van der Waals surface area contributed by atoms with Gasteiger partial charge in [-0.3, -0.25) is 0 Å². The van der Waals surface area contributed by atoms with E-state index >= 15 is 0 Å². The maximum Gasteiger partial charge on any atom is 0.161 e. The number of nitrogens with one attached hydrogen (secondary N) is 1. The lowest BCUT2D eigenvalue weighted by atomic mass is 9.94. The molecule has 0 saturated heterocycles. The molecule has 0 aromatic heterocycles. The average Bonchev–Trinajstić information content (AvgIpc) is 2.60. The van der Waals surface area contributed by atoms with Gasteiger partial charge in [0, 0.05) is 0 Å². The minimum Gasteiger partial charge on any atom is -0.493 e. The molecule has 0 spiro atoms. The molecule has 0 radical (unpaired) electrons. The van der Waals surface area contributed by atoms with Gasteiger partial charge >= 0.3 is 0 Å². The minimum atomic E-state index is 0.153. The van der Waals surface area contributed by atoms with Gasteiger partial charge in [0.25, 0.3) is 0 Å². The van der Waals surface area contributed by atoms with E-state index < -0.39 is 0 Å². The molecule has 1 atom stereocenters. The zero-order valence-corrected chi connectivity index (χ0v) is 13.9. The molecule has 3 rings (SSSR count). The maximum absolute atomic E-state index is 5.95. The molecule has 0 fully saturated rings. The molecule has 1 aliphatic heterocycles. The van der Waals surface area contributed by atoms with Crippen LogP contribution in [0.4, 0.5) is 0 Å². The van der Waals surface area contributed by atoms with Gasteiger partial charge in [-0.1, -0.05) is 17.7 Å². The molecule has 0 aliphatic carbocycles. The predicted molar refractivity (Wildman–Crippen MR) is 90.7 cm³/mol. The SMILES string of the molecule is COc1cc2c(cc1OC)C(COc1ccc(C)cc1)NCC2. The molecule has 2 aromatic rings. The van der Waals surface area contributed by atoms with Crippen LogP contribution >= 0.6 is 0 Å². The van der Waals surface area contributed by atoms with Gasteiger partial charge in [0.1, 0.15) is 12.4 Å². The summed E-state index contributed by atoms with van der Waals surface area (Å²) in [5.41, 5.74) is 3.75.